The molecule has 0 saturated carbocycles. The average Bonchev–Trinajstić information content (AvgIpc) is 2.80. The van der Waals surface area contributed by atoms with Crippen LogP contribution >= 0.6 is 39.1 Å². The summed E-state index contributed by atoms with van der Waals surface area (Å²) >= 11 is 15.4. The van der Waals surface area contributed by atoms with Crippen molar-refractivity contribution in [3.8, 4) is 5.69 Å². The van der Waals surface area contributed by atoms with Gasteiger partial charge in [-0.15, -0.1) is 11.6 Å². The number of rotatable bonds is 3. The van der Waals surface area contributed by atoms with Gasteiger partial charge >= 0.3 is 0 Å². The highest BCUT2D eigenvalue weighted by Gasteiger charge is 2.12. The quantitative estimate of drug-likeness (QED) is 0.578. The summed E-state index contributed by atoms with van der Waals surface area (Å²) in [6, 6.07) is 13.9. The van der Waals surface area contributed by atoms with Gasteiger partial charge in [-0.25, -0.2) is 4.98 Å². The Balaban J connectivity index is 2.26. The first-order valence-electron chi connectivity index (χ1n) is 6.18. The van der Waals surface area contributed by atoms with Crippen LogP contribution < -0.4 is 0 Å². The van der Waals surface area contributed by atoms with Crippen molar-refractivity contribution in [2.45, 2.75) is 6.42 Å². The lowest BCUT2D eigenvalue weighted by molar-refractivity contribution is 0.912. The van der Waals surface area contributed by atoms with Gasteiger partial charge in [-0.2, -0.15) is 0 Å². The van der Waals surface area contributed by atoms with Gasteiger partial charge in [0.05, 0.1) is 16.1 Å². The molecule has 0 atom stereocenters. The standard InChI is InChI=1S/C15H11BrCl2N2/c16-11-9-10(5-6-12(11)18)20-14-4-2-1-3-13(14)19-15(20)7-8-17/h1-6,9H,7-8H2. The highest BCUT2D eigenvalue weighted by atomic mass is 79.9. The van der Waals surface area contributed by atoms with Crippen LogP contribution in [0.4, 0.5) is 0 Å². The van der Waals surface area contributed by atoms with Gasteiger partial charge in [-0.05, 0) is 46.3 Å². The SMILES string of the molecule is ClCCc1nc2ccccc2n1-c1ccc(Cl)c(Br)c1. The zero-order valence-corrected chi connectivity index (χ0v) is 13.6. The summed E-state index contributed by atoms with van der Waals surface area (Å²) in [5.74, 6) is 1.49. The fraction of sp³-hybridized carbons (Fsp3) is 0.133. The third-order valence-corrected chi connectivity index (χ3v) is 4.51. The molecule has 20 heavy (non-hydrogen) atoms. The van der Waals surface area contributed by atoms with Crippen LogP contribution in [0, 0.1) is 0 Å². The van der Waals surface area contributed by atoms with Crippen LogP contribution in [0.25, 0.3) is 16.7 Å². The highest BCUT2D eigenvalue weighted by Crippen LogP contribution is 2.28. The molecule has 0 unspecified atom stereocenters. The van der Waals surface area contributed by atoms with Crippen LogP contribution in [-0.4, -0.2) is 15.4 Å². The Bertz CT molecular complexity index is 768. The maximum Gasteiger partial charge on any atom is 0.115 e. The molecule has 2 aromatic carbocycles. The molecule has 3 aromatic rings. The van der Waals surface area contributed by atoms with Crippen LogP contribution in [-0.2, 0) is 6.42 Å². The molecule has 0 radical (unpaired) electrons. The second kappa shape index (κ2) is 5.76. The first-order chi connectivity index (χ1) is 9.70. The van der Waals surface area contributed by atoms with Crippen molar-refractivity contribution >= 4 is 50.2 Å². The smallest absolute Gasteiger partial charge is 0.115 e. The fourth-order valence-electron chi connectivity index (χ4n) is 2.24. The Hall–Kier alpha value is -1.03. The molecule has 2 nitrogen and oxygen atoms in total. The minimum atomic E-state index is 0.540. The van der Waals surface area contributed by atoms with E-state index in [1.807, 2.05) is 36.4 Å². The van der Waals surface area contributed by atoms with Crippen LogP contribution in [0.15, 0.2) is 46.9 Å². The molecule has 0 bridgehead atoms. The molecule has 0 spiro atoms. The predicted molar refractivity (Wildman–Crippen MR) is 88.2 cm³/mol. The lowest BCUT2D eigenvalue weighted by Gasteiger charge is -2.09. The summed E-state index contributed by atoms with van der Waals surface area (Å²) in [5, 5.41) is 0.692. The number of nitrogens with zero attached hydrogens (tertiary/aromatic N) is 2. The van der Waals surface area contributed by atoms with Gasteiger partial charge in [0.2, 0.25) is 0 Å². The molecule has 3 rings (SSSR count). The summed E-state index contributed by atoms with van der Waals surface area (Å²) in [6.07, 6.45) is 0.719. The van der Waals surface area contributed by atoms with Crippen molar-refractivity contribution in [3.63, 3.8) is 0 Å². The van der Waals surface area contributed by atoms with Crippen molar-refractivity contribution in [2.24, 2.45) is 0 Å². The minimum Gasteiger partial charge on any atom is -0.296 e. The van der Waals surface area contributed by atoms with E-state index in [2.05, 4.69) is 31.5 Å². The topological polar surface area (TPSA) is 17.8 Å². The zero-order chi connectivity index (χ0) is 14.1. The van der Waals surface area contributed by atoms with E-state index in [4.69, 9.17) is 23.2 Å². The maximum absolute atomic E-state index is 6.07. The molecule has 0 aliphatic carbocycles. The Morgan fingerprint density at radius 3 is 2.70 bits per heavy atom. The number of halogens is 3. The largest absolute Gasteiger partial charge is 0.296 e. The minimum absolute atomic E-state index is 0.540. The van der Waals surface area contributed by atoms with E-state index in [1.165, 1.54) is 0 Å². The molecule has 0 N–H and O–H groups in total. The molecule has 0 aliphatic heterocycles. The average molecular weight is 370 g/mol. The predicted octanol–water partition coefficient (Wildman–Crippen LogP) is 5.22. The van der Waals surface area contributed by atoms with Gasteiger partial charge in [0, 0.05) is 22.5 Å². The number of hydrogen-bond donors (Lipinski definition) is 0. The summed E-state index contributed by atoms with van der Waals surface area (Å²) in [5.41, 5.74) is 3.07. The van der Waals surface area contributed by atoms with Gasteiger partial charge in [0.1, 0.15) is 5.82 Å². The van der Waals surface area contributed by atoms with E-state index < -0.39 is 0 Å². The Morgan fingerprint density at radius 1 is 1.15 bits per heavy atom. The Kier molecular flexibility index (Phi) is 4.01. The normalized spacial score (nSPS) is 11.2. The first-order valence-corrected chi connectivity index (χ1v) is 7.89. The Morgan fingerprint density at radius 2 is 1.95 bits per heavy atom. The number of imidazole rings is 1. The zero-order valence-electron chi connectivity index (χ0n) is 10.5. The lowest BCUT2D eigenvalue weighted by atomic mass is 10.2. The Labute approximate surface area is 135 Å². The monoisotopic (exact) mass is 368 g/mol. The van der Waals surface area contributed by atoms with Crippen LogP contribution in [0.5, 0.6) is 0 Å². The van der Waals surface area contributed by atoms with Crippen molar-refractivity contribution in [3.05, 3.63) is 57.8 Å². The van der Waals surface area contributed by atoms with Gasteiger partial charge < -0.3 is 0 Å². The van der Waals surface area contributed by atoms with Crippen molar-refractivity contribution in [2.75, 3.05) is 5.88 Å². The number of benzene rings is 2. The van der Waals surface area contributed by atoms with E-state index in [9.17, 15) is 0 Å². The molecule has 102 valence electrons. The number of alkyl halides is 1. The first kappa shape index (κ1) is 13.9. The van der Waals surface area contributed by atoms with Gasteiger partial charge in [-0.3, -0.25) is 4.57 Å². The lowest BCUT2D eigenvalue weighted by Crippen LogP contribution is -2.02. The van der Waals surface area contributed by atoms with Crippen molar-refractivity contribution in [1.29, 1.82) is 0 Å². The number of aryl methyl sites for hydroxylation is 1. The molecule has 1 aromatic heterocycles. The molecule has 0 aliphatic rings. The van der Waals surface area contributed by atoms with Gasteiger partial charge in [0.15, 0.2) is 0 Å². The van der Waals surface area contributed by atoms with Crippen molar-refractivity contribution in [1.82, 2.24) is 9.55 Å². The second-order valence-electron chi connectivity index (χ2n) is 4.39. The molecule has 1 heterocycles. The van der Waals surface area contributed by atoms with E-state index in [0.717, 1.165) is 33.4 Å². The molecule has 5 heteroatoms. The molecule has 0 fully saturated rings. The summed E-state index contributed by atoms with van der Waals surface area (Å²) in [7, 11) is 0. The van der Waals surface area contributed by atoms with Crippen LogP contribution in [0.3, 0.4) is 0 Å². The number of hydrogen-bond acceptors (Lipinski definition) is 1. The molecule has 0 saturated heterocycles. The summed E-state index contributed by atoms with van der Waals surface area (Å²) < 4.78 is 2.99. The number of aromatic nitrogens is 2. The van der Waals surface area contributed by atoms with E-state index in [-0.39, 0.29) is 0 Å². The fourth-order valence-corrected chi connectivity index (χ4v) is 2.89. The van der Waals surface area contributed by atoms with Gasteiger partial charge in [0.25, 0.3) is 0 Å². The third kappa shape index (κ3) is 2.46. The number of fused-ring (bicyclic) bond motifs is 1. The van der Waals surface area contributed by atoms with E-state index in [1.54, 1.807) is 0 Å². The van der Waals surface area contributed by atoms with Crippen LogP contribution in [0.1, 0.15) is 5.82 Å². The van der Waals surface area contributed by atoms with Crippen molar-refractivity contribution < 1.29 is 0 Å². The third-order valence-electron chi connectivity index (χ3n) is 3.11. The summed E-state index contributed by atoms with van der Waals surface area (Å²) in [6.45, 7) is 0. The van der Waals surface area contributed by atoms with Gasteiger partial charge in [-0.1, -0.05) is 23.7 Å². The molecule has 0 amide bonds. The highest BCUT2D eigenvalue weighted by molar-refractivity contribution is 9.10. The molecular weight excluding hydrogens is 359 g/mol. The maximum atomic E-state index is 6.07. The van der Waals surface area contributed by atoms with E-state index in [0.29, 0.717) is 10.9 Å². The van der Waals surface area contributed by atoms with E-state index >= 15 is 0 Å². The second-order valence-corrected chi connectivity index (χ2v) is 6.03. The summed E-state index contributed by atoms with van der Waals surface area (Å²) in [4.78, 5) is 4.66. The molecular formula is C15H11BrCl2N2. The number of para-hydroxylation sites is 2. The van der Waals surface area contributed by atoms with Crippen LogP contribution in [0.2, 0.25) is 5.02 Å².